The van der Waals surface area contributed by atoms with Crippen LogP contribution in [0.4, 0.5) is 4.79 Å². The first-order valence-corrected chi connectivity index (χ1v) is 8.04. The van der Waals surface area contributed by atoms with Gasteiger partial charge in [0.05, 0.1) is 0 Å². The molecule has 0 aliphatic heterocycles. The summed E-state index contributed by atoms with van der Waals surface area (Å²) in [5.74, 6) is 0.697. The van der Waals surface area contributed by atoms with Gasteiger partial charge in [0.1, 0.15) is 5.60 Å². The smallest absolute Gasteiger partial charge is 0.407 e. The molecule has 0 radical (unpaired) electrons. The van der Waals surface area contributed by atoms with Gasteiger partial charge in [-0.15, -0.1) is 0 Å². The van der Waals surface area contributed by atoms with Crippen LogP contribution in [0.25, 0.3) is 0 Å². The van der Waals surface area contributed by atoms with Crippen molar-refractivity contribution in [1.82, 2.24) is 10.6 Å². The second-order valence-electron chi connectivity index (χ2n) is 7.09. The highest BCUT2D eigenvalue weighted by Gasteiger charge is 2.29. The first-order chi connectivity index (χ1) is 9.31. The van der Waals surface area contributed by atoms with Crippen molar-refractivity contribution in [1.29, 1.82) is 0 Å². The van der Waals surface area contributed by atoms with E-state index in [1.165, 1.54) is 19.3 Å². The third-order valence-corrected chi connectivity index (χ3v) is 3.73. The van der Waals surface area contributed by atoms with Crippen molar-refractivity contribution >= 4 is 6.09 Å². The number of alkyl carbamates (subject to hydrolysis) is 1. The number of rotatable bonds is 6. The first-order valence-electron chi connectivity index (χ1n) is 8.04. The van der Waals surface area contributed by atoms with Crippen LogP contribution in [-0.2, 0) is 4.74 Å². The molecular weight excluding hydrogens is 252 g/mol. The molecule has 0 heterocycles. The molecule has 1 fully saturated rings. The molecule has 1 rings (SSSR count). The molecule has 0 bridgehead atoms. The number of amides is 1. The van der Waals surface area contributed by atoms with Gasteiger partial charge in [0, 0.05) is 12.1 Å². The molecule has 0 spiro atoms. The molecule has 3 atom stereocenters. The van der Waals surface area contributed by atoms with Gasteiger partial charge in [0.2, 0.25) is 0 Å². The van der Waals surface area contributed by atoms with Crippen LogP contribution in [0.3, 0.4) is 0 Å². The van der Waals surface area contributed by atoms with Crippen LogP contribution < -0.4 is 10.6 Å². The minimum absolute atomic E-state index is 0.207. The molecule has 0 aromatic rings. The topological polar surface area (TPSA) is 50.4 Å². The van der Waals surface area contributed by atoms with Gasteiger partial charge in [0.25, 0.3) is 0 Å². The van der Waals surface area contributed by atoms with Gasteiger partial charge in [-0.3, -0.25) is 0 Å². The van der Waals surface area contributed by atoms with E-state index in [0.29, 0.717) is 12.0 Å². The maximum absolute atomic E-state index is 11.8. The number of ether oxygens (including phenoxy) is 1. The van der Waals surface area contributed by atoms with Crippen LogP contribution in [0, 0.1) is 5.92 Å². The summed E-state index contributed by atoms with van der Waals surface area (Å²) < 4.78 is 5.33. The second kappa shape index (κ2) is 7.87. The molecule has 2 N–H and O–H groups in total. The second-order valence-corrected chi connectivity index (χ2v) is 7.09. The van der Waals surface area contributed by atoms with Crippen molar-refractivity contribution in [2.24, 2.45) is 5.92 Å². The zero-order valence-corrected chi connectivity index (χ0v) is 13.8. The summed E-state index contributed by atoms with van der Waals surface area (Å²) in [4.78, 5) is 11.8. The van der Waals surface area contributed by atoms with Crippen LogP contribution in [0.1, 0.15) is 66.7 Å². The number of carbonyl (C=O) groups excluding carboxylic acids is 1. The average Bonchev–Trinajstić information content (AvgIpc) is 2.71. The normalized spacial score (nSPS) is 24.4. The average molecular weight is 284 g/mol. The lowest BCUT2D eigenvalue weighted by atomic mass is 10.1. The highest BCUT2D eigenvalue weighted by molar-refractivity contribution is 5.68. The molecule has 0 saturated heterocycles. The number of hydrogen-bond donors (Lipinski definition) is 2. The molecule has 0 aromatic carbocycles. The van der Waals surface area contributed by atoms with Gasteiger partial charge in [-0.1, -0.05) is 20.3 Å². The lowest BCUT2D eigenvalue weighted by Gasteiger charge is -2.26. The highest BCUT2D eigenvalue weighted by atomic mass is 16.6. The fraction of sp³-hybridized carbons (Fsp3) is 0.938. The van der Waals surface area contributed by atoms with Crippen LogP contribution in [0.2, 0.25) is 0 Å². The molecule has 1 aliphatic carbocycles. The summed E-state index contributed by atoms with van der Waals surface area (Å²) in [6, 6.07) is 0.598. The van der Waals surface area contributed by atoms with Crippen molar-refractivity contribution in [3.8, 4) is 0 Å². The maximum Gasteiger partial charge on any atom is 0.407 e. The summed E-state index contributed by atoms with van der Waals surface area (Å²) in [6.45, 7) is 11.2. The van der Waals surface area contributed by atoms with Gasteiger partial charge in [-0.2, -0.15) is 0 Å². The summed E-state index contributed by atoms with van der Waals surface area (Å²) in [5, 5.41) is 6.63. The van der Waals surface area contributed by atoms with E-state index >= 15 is 0 Å². The van der Waals surface area contributed by atoms with E-state index in [9.17, 15) is 4.79 Å². The molecule has 118 valence electrons. The molecule has 4 heteroatoms. The molecule has 3 unspecified atom stereocenters. The molecule has 0 aromatic heterocycles. The lowest BCUT2D eigenvalue weighted by molar-refractivity contribution is 0.0498. The molecule has 1 aliphatic rings. The van der Waals surface area contributed by atoms with E-state index in [2.05, 4.69) is 24.5 Å². The van der Waals surface area contributed by atoms with Gasteiger partial charge in [0.15, 0.2) is 0 Å². The Morgan fingerprint density at radius 3 is 2.55 bits per heavy atom. The van der Waals surface area contributed by atoms with Gasteiger partial charge >= 0.3 is 6.09 Å². The zero-order chi connectivity index (χ0) is 15.2. The van der Waals surface area contributed by atoms with Crippen molar-refractivity contribution in [3.63, 3.8) is 0 Å². The van der Waals surface area contributed by atoms with Gasteiger partial charge < -0.3 is 15.4 Å². The Balaban J connectivity index is 2.35. The van der Waals surface area contributed by atoms with Crippen LogP contribution in [0.5, 0.6) is 0 Å². The van der Waals surface area contributed by atoms with E-state index in [-0.39, 0.29) is 12.1 Å². The molecule has 4 nitrogen and oxygen atoms in total. The Bertz CT molecular complexity index is 299. The Labute approximate surface area is 124 Å². The summed E-state index contributed by atoms with van der Waals surface area (Å²) in [6.07, 6.45) is 5.54. The Morgan fingerprint density at radius 1 is 1.30 bits per heavy atom. The van der Waals surface area contributed by atoms with Crippen LogP contribution in [-0.4, -0.2) is 30.3 Å². The van der Waals surface area contributed by atoms with Crippen molar-refractivity contribution in [3.05, 3.63) is 0 Å². The quantitative estimate of drug-likeness (QED) is 0.785. The number of nitrogens with one attached hydrogen (secondary N) is 2. The Kier molecular flexibility index (Phi) is 6.80. The van der Waals surface area contributed by atoms with Crippen molar-refractivity contribution < 1.29 is 9.53 Å². The predicted octanol–water partition coefficient (Wildman–Crippen LogP) is 3.46. The standard InChI is InChI=1S/C16H32N2O2/c1-6-8-12(2)11-17-13-9-7-10-14(13)18-15(19)20-16(3,4)5/h12-14,17H,6-11H2,1-5H3,(H,18,19). The number of hydrogen-bond acceptors (Lipinski definition) is 3. The predicted molar refractivity (Wildman–Crippen MR) is 82.9 cm³/mol. The molecular formula is C16H32N2O2. The van der Waals surface area contributed by atoms with Crippen molar-refractivity contribution in [2.75, 3.05) is 6.54 Å². The lowest BCUT2D eigenvalue weighted by Crippen LogP contribution is -2.48. The zero-order valence-electron chi connectivity index (χ0n) is 13.8. The first kappa shape index (κ1) is 17.3. The van der Waals surface area contributed by atoms with E-state index in [0.717, 1.165) is 19.4 Å². The minimum Gasteiger partial charge on any atom is -0.444 e. The van der Waals surface area contributed by atoms with Crippen LogP contribution in [0.15, 0.2) is 0 Å². The molecule has 1 saturated carbocycles. The summed E-state index contributed by atoms with van der Waals surface area (Å²) in [5.41, 5.74) is -0.429. The van der Waals surface area contributed by atoms with E-state index in [1.807, 2.05) is 20.8 Å². The molecule has 20 heavy (non-hydrogen) atoms. The van der Waals surface area contributed by atoms with Crippen molar-refractivity contribution in [2.45, 2.75) is 84.4 Å². The minimum atomic E-state index is -0.429. The molecule has 1 amide bonds. The third-order valence-electron chi connectivity index (χ3n) is 3.73. The van der Waals surface area contributed by atoms with Gasteiger partial charge in [-0.25, -0.2) is 4.79 Å². The summed E-state index contributed by atoms with van der Waals surface area (Å²) in [7, 11) is 0. The third kappa shape index (κ3) is 6.60. The fourth-order valence-corrected chi connectivity index (χ4v) is 2.78. The van der Waals surface area contributed by atoms with E-state index in [4.69, 9.17) is 4.74 Å². The van der Waals surface area contributed by atoms with Crippen LogP contribution >= 0.6 is 0 Å². The largest absolute Gasteiger partial charge is 0.444 e. The highest BCUT2D eigenvalue weighted by Crippen LogP contribution is 2.20. The SMILES string of the molecule is CCCC(C)CNC1CCCC1NC(=O)OC(C)(C)C. The maximum atomic E-state index is 11.8. The van der Waals surface area contributed by atoms with E-state index in [1.54, 1.807) is 0 Å². The fourth-order valence-electron chi connectivity index (χ4n) is 2.78. The number of carbonyl (C=O) groups is 1. The summed E-state index contributed by atoms with van der Waals surface area (Å²) >= 11 is 0. The Morgan fingerprint density at radius 2 is 1.95 bits per heavy atom. The van der Waals surface area contributed by atoms with E-state index < -0.39 is 5.60 Å². The Hall–Kier alpha value is -0.770. The van der Waals surface area contributed by atoms with Gasteiger partial charge in [-0.05, 0) is 58.9 Å². The monoisotopic (exact) mass is 284 g/mol.